The van der Waals surface area contributed by atoms with Crippen molar-refractivity contribution in [1.29, 1.82) is 0 Å². The van der Waals surface area contributed by atoms with Gasteiger partial charge in [-0.2, -0.15) is 0 Å². The number of hydrogen-bond acceptors (Lipinski definition) is 3. The third kappa shape index (κ3) is 7.78. The van der Waals surface area contributed by atoms with E-state index in [-0.39, 0.29) is 6.04 Å². The molecular weight excluding hydrogens is 140 g/mol. The van der Waals surface area contributed by atoms with Crippen LogP contribution in [-0.2, 0) is 4.74 Å². The Labute approximate surface area is 69.5 Å². The van der Waals surface area contributed by atoms with Crippen LogP contribution in [0.5, 0.6) is 0 Å². The van der Waals surface area contributed by atoms with Crippen LogP contribution in [0.2, 0.25) is 0 Å². The molecule has 0 amide bonds. The Bertz CT molecular complexity index is 86.2. The van der Waals surface area contributed by atoms with E-state index < -0.39 is 0 Å². The van der Waals surface area contributed by atoms with Crippen LogP contribution in [0.15, 0.2) is 0 Å². The quantitative estimate of drug-likeness (QED) is 0.568. The molecule has 0 fully saturated rings. The standard InChI is InChI=1S/C8H20N2O/c1-8(9)7-10(2)5-4-6-11-3/h8H,4-7,9H2,1-3H3/t8-/m1/s1. The van der Waals surface area contributed by atoms with Crippen molar-refractivity contribution in [3.63, 3.8) is 0 Å². The average molecular weight is 160 g/mol. The van der Waals surface area contributed by atoms with Gasteiger partial charge in [-0.05, 0) is 20.4 Å². The highest BCUT2D eigenvalue weighted by Gasteiger charge is 2.00. The van der Waals surface area contributed by atoms with E-state index in [1.165, 1.54) is 0 Å². The molecule has 0 saturated carbocycles. The van der Waals surface area contributed by atoms with E-state index in [9.17, 15) is 0 Å². The molecule has 2 N–H and O–H groups in total. The van der Waals surface area contributed by atoms with Gasteiger partial charge in [0.2, 0.25) is 0 Å². The lowest BCUT2D eigenvalue weighted by Gasteiger charge is -2.18. The van der Waals surface area contributed by atoms with Gasteiger partial charge in [0.25, 0.3) is 0 Å². The summed E-state index contributed by atoms with van der Waals surface area (Å²) in [5, 5.41) is 0. The maximum Gasteiger partial charge on any atom is 0.0474 e. The van der Waals surface area contributed by atoms with Gasteiger partial charge in [0.15, 0.2) is 0 Å². The minimum atomic E-state index is 0.266. The van der Waals surface area contributed by atoms with Crippen molar-refractivity contribution in [2.75, 3.05) is 33.9 Å². The van der Waals surface area contributed by atoms with Crippen LogP contribution in [0.3, 0.4) is 0 Å². The molecule has 0 aromatic carbocycles. The fourth-order valence-electron chi connectivity index (χ4n) is 1.06. The van der Waals surface area contributed by atoms with Gasteiger partial charge in [-0.1, -0.05) is 0 Å². The SMILES string of the molecule is COCCCN(C)C[C@@H](C)N. The second kappa shape index (κ2) is 6.58. The molecule has 11 heavy (non-hydrogen) atoms. The van der Waals surface area contributed by atoms with Crippen molar-refractivity contribution in [3.8, 4) is 0 Å². The van der Waals surface area contributed by atoms with Gasteiger partial charge in [0, 0.05) is 32.8 Å². The minimum Gasteiger partial charge on any atom is -0.385 e. The minimum absolute atomic E-state index is 0.266. The first kappa shape index (κ1) is 10.9. The summed E-state index contributed by atoms with van der Waals surface area (Å²) >= 11 is 0. The number of ether oxygens (including phenoxy) is 1. The third-order valence-electron chi connectivity index (χ3n) is 1.49. The number of nitrogens with zero attached hydrogens (tertiary/aromatic N) is 1. The van der Waals surface area contributed by atoms with E-state index in [2.05, 4.69) is 11.9 Å². The monoisotopic (exact) mass is 160 g/mol. The topological polar surface area (TPSA) is 38.5 Å². The van der Waals surface area contributed by atoms with Crippen molar-refractivity contribution in [3.05, 3.63) is 0 Å². The van der Waals surface area contributed by atoms with Crippen LogP contribution in [0.25, 0.3) is 0 Å². The van der Waals surface area contributed by atoms with Crippen LogP contribution >= 0.6 is 0 Å². The zero-order valence-corrected chi connectivity index (χ0v) is 7.84. The Kier molecular flexibility index (Phi) is 6.51. The highest BCUT2D eigenvalue weighted by atomic mass is 16.5. The van der Waals surface area contributed by atoms with Crippen molar-refractivity contribution in [2.45, 2.75) is 19.4 Å². The van der Waals surface area contributed by atoms with E-state index in [0.29, 0.717) is 0 Å². The predicted octanol–water partition coefficient (Wildman–Crippen LogP) is 0.302. The van der Waals surface area contributed by atoms with Crippen molar-refractivity contribution in [1.82, 2.24) is 4.90 Å². The molecule has 68 valence electrons. The molecule has 0 spiro atoms. The number of rotatable bonds is 6. The Morgan fingerprint density at radius 1 is 1.55 bits per heavy atom. The smallest absolute Gasteiger partial charge is 0.0474 e. The number of nitrogens with two attached hydrogens (primary N) is 1. The van der Waals surface area contributed by atoms with E-state index >= 15 is 0 Å². The molecule has 0 aliphatic rings. The van der Waals surface area contributed by atoms with Gasteiger partial charge in [0.1, 0.15) is 0 Å². The number of methoxy groups -OCH3 is 1. The molecule has 0 aromatic heterocycles. The van der Waals surface area contributed by atoms with Gasteiger partial charge in [0.05, 0.1) is 0 Å². The summed E-state index contributed by atoms with van der Waals surface area (Å²) < 4.78 is 4.94. The second-order valence-corrected chi connectivity index (χ2v) is 3.09. The van der Waals surface area contributed by atoms with Crippen LogP contribution in [0, 0.1) is 0 Å². The molecule has 0 aliphatic heterocycles. The first-order valence-corrected chi connectivity index (χ1v) is 4.10. The summed E-state index contributed by atoms with van der Waals surface area (Å²) in [5.74, 6) is 0. The zero-order chi connectivity index (χ0) is 8.69. The van der Waals surface area contributed by atoms with Crippen molar-refractivity contribution < 1.29 is 4.74 Å². The van der Waals surface area contributed by atoms with Gasteiger partial charge in [-0.15, -0.1) is 0 Å². The lowest BCUT2D eigenvalue weighted by Crippen LogP contribution is -2.33. The maximum absolute atomic E-state index is 5.62. The molecule has 0 unspecified atom stereocenters. The fourth-order valence-corrected chi connectivity index (χ4v) is 1.06. The molecule has 0 aromatic rings. The van der Waals surface area contributed by atoms with Crippen LogP contribution in [0.1, 0.15) is 13.3 Å². The fraction of sp³-hybridized carbons (Fsp3) is 1.00. The third-order valence-corrected chi connectivity index (χ3v) is 1.49. The molecule has 0 heterocycles. The van der Waals surface area contributed by atoms with Crippen LogP contribution in [0.4, 0.5) is 0 Å². The molecule has 0 aliphatic carbocycles. The summed E-state index contributed by atoms with van der Waals surface area (Å²) in [6, 6.07) is 0.266. The normalized spacial score (nSPS) is 13.9. The van der Waals surface area contributed by atoms with Gasteiger partial charge in [-0.25, -0.2) is 0 Å². The molecule has 3 heteroatoms. The predicted molar refractivity (Wildman–Crippen MR) is 47.6 cm³/mol. The summed E-state index contributed by atoms with van der Waals surface area (Å²) in [4.78, 5) is 2.23. The largest absolute Gasteiger partial charge is 0.385 e. The van der Waals surface area contributed by atoms with E-state index in [4.69, 9.17) is 10.5 Å². The number of hydrogen-bond donors (Lipinski definition) is 1. The highest BCUT2D eigenvalue weighted by molar-refractivity contribution is 4.59. The highest BCUT2D eigenvalue weighted by Crippen LogP contribution is 1.89. The van der Waals surface area contributed by atoms with E-state index in [1.807, 2.05) is 6.92 Å². The summed E-state index contributed by atoms with van der Waals surface area (Å²) in [5.41, 5.74) is 5.62. The molecule has 0 saturated heterocycles. The lowest BCUT2D eigenvalue weighted by atomic mass is 10.3. The van der Waals surface area contributed by atoms with Crippen molar-refractivity contribution >= 4 is 0 Å². The van der Waals surface area contributed by atoms with Crippen LogP contribution < -0.4 is 5.73 Å². The van der Waals surface area contributed by atoms with Crippen LogP contribution in [-0.4, -0.2) is 44.8 Å². The second-order valence-electron chi connectivity index (χ2n) is 3.09. The van der Waals surface area contributed by atoms with E-state index in [0.717, 1.165) is 26.1 Å². The molecule has 3 nitrogen and oxygen atoms in total. The first-order valence-electron chi connectivity index (χ1n) is 4.10. The maximum atomic E-state index is 5.62. The Balaban J connectivity index is 3.15. The molecular formula is C8H20N2O. The Morgan fingerprint density at radius 3 is 2.64 bits per heavy atom. The van der Waals surface area contributed by atoms with Crippen molar-refractivity contribution in [2.24, 2.45) is 5.73 Å². The van der Waals surface area contributed by atoms with E-state index in [1.54, 1.807) is 7.11 Å². The molecule has 1 atom stereocenters. The molecule has 0 bridgehead atoms. The Hall–Kier alpha value is -0.120. The first-order chi connectivity index (χ1) is 5.16. The number of likely N-dealkylation sites (N-methyl/N-ethyl adjacent to an activating group) is 1. The van der Waals surface area contributed by atoms with Gasteiger partial charge in [-0.3, -0.25) is 0 Å². The summed E-state index contributed by atoms with van der Waals surface area (Å²) in [6.07, 6.45) is 1.08. The molecule has 0 radical (unpaired) electrons. The average Bonchev–Trinajstić information content (AvgIpc) is 1.86. The summed E-state index contributed by atoms with van der Waals surface area (Å²) in [7, 11) is 3.81. The van der Waals surface area contributed by atoms with Gasteiger partial charge < -0.3 is 15.4 Å². The molecule has 0 rings (SSSR count). The lowest BCUT2D eigenvalue weighted by molar-refractivity contribution is 0.178. The summed E-state index contributed by atoms with van der Waals surface area (Å²) in [6.45, 7) is 4.88. The zero-order valence-electron chi connectivity index (χ0n) is 7.84. The van der Waals surface area contributed by atoms with Gasteiger partial charge >= 0.3 is 0 Å². The Morgan fingerprint density at radius 2 is 2.18 bits per heavy atom.